The van der Waals surface area contributed by atoms with E-state index in [2.05, 4.69) is 15.2 Å². The number of fused-ring (bicyclic) bond motifs is 1. The van der Waals surface area contributed by atoms with Crippen LogP contribution in [0.4, 0.5) is 4.79 Å². The van der Waals surface area contributed by atoms with Crippen molar-refractivity contribution in [1.29, 1.82) is 0 Å². The van der Waals surface area contributed by atoms with E-state index in [1.54, 1.807) is 0 Å². The first-order chi connectivity index (χ1) is 11.2. The molecule has 0 bridgehead atoms. The Kier molecular flexibility index (Phi) is 6.04. The fraction of sp³-hybridized carbons (Fsp3) is 0.667. The highest BCUT2D eigenvalue weighted by atomic mass is 16.6. The van der Waals surface area contributed by atoms with Gasteiger partial charge in [-0.3, -0.25) is 9.88 Å². The maximum atomic E-state index is 11.7. The Morgan fingerprint density at radius 2 is 2.17 bits per heavy atom. The highest BCUT2D eigenvalue weighted by molar-refractivity contribution is 5.67. The zero-order valence-electron chi connectivity index (χ0n) is 15.4. The maximum Gasteiger partial charge on any atom is 0.407 e. The van der Waals surface area contributed by atoms with Crippen LogP contribution in [0.3, 0.4) is 0 Å². The van der Waals surface area contributed by atoms with Gasteiger partial charge in [0.15, 0.2) is 0 Å². The molecule has 0 aromatic carbocycles. The quantitative estimate of drug-likeness (QED) is 0.896. The third kappa shape index (κ3) is 5.67. The molecule has 0 atom stereocenters. The molecular formula is C18H29N3O3. The number of pyridine rings is 1. The molecule has 2 rings (SSSR count). The minimum absolute atomic E-state index is 0.140. The molecule has 1 aromatic heterocycles. The van der Waals surface area contributed by atoms with Crippen molar-refractivity contribution in [3.63, 3.8) is 0 Å². The van der Waals surface area contributed by atoms with Gasteiger partial charge >= 0.3 is 6.09 Å². The molecule has 1 aliphatic heterocycles. The van der Waals surface area contributed by atoms with Crippen LogP contribution in [0.1, 0.15) is 45.9 Å². The lowest BCUT2D eigenvalue weighted by atomic mass is 10.0. The molecule has 1 amide bonds. The van der Waals surface area contributed by atoms with Gasteiger partial charge < -0.3 is 14.8 Å². The Morgan fingerprint density at radius 3 is 2.83 bits per heavy atom. The predicted octanol–water partition coefficient (Wildman–Crippen LogP) is 2.75. The van der Waals surface area contributed by atoms with Crippen molar-refractivity contribution in [2.75, 3.05) is 19.6 Å². The number of hydrogen-bond acceptors (Lipinski definition) is 5. The van der Waals surface area contributed by atoms with Crippen molar-refractivity contribution >= 4 is 6.09 Å². The van der Waals surface area contributed by atoms with E-state index >= 15 is 0 Å². The fourth-order valence-electron chi connectivity index (χ4n) is 2.65. The van der Waals surface area contributed by atoms with Crippen molar-refractivity contribution in [1.82, 2.24) is 15.2 Å². The molecule has 1 aromatic rings. The van der Waals surface area contributed by atoms with Gasteiger partial charge in [0.1, 0.15) is 11.4 Å². The molecule has 0 fully saturated rings. The monoisotopic (exact) mass is 335 g/mol. The third-order valence-electron chi connectivity index (χ3n) is 3.61. The van der Waals surface area contributed by atoms with E-state index in [9.17, 15) is 4.79 Å². The van der Waals surface area contributed by atoms with Crippen LogP contribution in [-0.2, 0) is 17.7 Å². The first-order valence-electron chi connectivity index (χ1n) is 8.57. The average Bonchev–Trinajstić information content (AvgIpc) is 2.45. The molecule has 24 heavy (non-hydrogen) atoms. The number of amides is 1. The van der Waals surface area contributed by atoms with E-state index in [0.717, 1.165) is 43.1 Å². The van der Waals surface area contributed by atoms with Crippen LogP contribution in [0.15, 0.2) is 12.3 Å². The summed E-state index contributed by atoms with van der Waals surface area (Å²) in [5.74, 6) is 0.916. The summed E-state index contributed by atoms with van der Waals surface area (Å²) in [4.78, 5) is 18.5. The minimum Gasteiger partial charge on any atom is -0.491 e. The van der Waals surface area contributed by atoms with Crippen molar-refractivity contribution in [3.05, 3.63) is 23.5 Å². The Hall–Kier alpha value is -1.82. The second kappa shape index (κ2) is 7.83. The first kappa shape index (κ1) is 18.5. The van der Waals surface area contributed by atoms with Crippen LogP contribution in [0.25, 0.3) is 0 Å². The number of rotatable bonds is 5. The van der Waals surface area contributed by atoms with E-state index < -0.39 is 5.60 Å². The third-order valence-corrected chi connectivity index (χ3v) is 3.61. The summed E-state index contributed by atoms with van der Waals surface area (Å²) in [7, 11) is 0. The van der Waals surface area contributed by atoms with Crippen LogP contribution < -0.4 is 10.1 Å². The number of nitrogens with zero attached hydrogens (tertiary/aromatic N) is 2. The van der Waals surface area contributed by atoms with Crippen LogP contribution in [0, 0.1) is 0 Å². The second-order valence-corrected chi connectivity index (χ2v) is 7.36. The summed E-state index contributed by atoms with van der Waals surface area (Å²) in [5, 5.41) is 2.81. The Bertz CT molecular complexity index is 567. The summed E-state index contributed by atoms with van der Waals surface area (Å²) in [6.45, 7) is 12.7. The second-order valence-electron chi connectivity index (χ2n) is 7.36. The first-order valence-corrected chi connectivity index (χ1v) is 8.57. The summed E-state index contributed by atoms with van der Waals surface area (Å²) >= 11 is 0. The van der Waals surface area contributed by atoms with Gasteiger partial charge in [-0.1, -0.05) is 0 Å². The van der Waals surface area contributed by atoms with Crippen molar-refractivity contribution in [2.45, 2.75) is 59.3 Å². The molecule has 2 heterocycles. The van der Waals surface area contributed by atoms with Gasteiger partial charge in [0.25, 0.3) is 0 Å². The molecular weight excluding hydrogens is 306 g/mol. The lowest BCUT2D eigenvalue weighted by Crippen LogP contribution is -2.40. The summed E-state index contributed by atoms with van der Waals surface area (Å²) in [5.41, 5.74) is 1.81. The Morgan fingerprint density at radius 1 is 1.42 bits per heavy atom. The van der Waals surface area contributed by atoms with Crippen LogP contribution >= 0.6 is 0 Å². The number of hydrogen-bond donors (Lipinski definition) is 1. The van der Waals surface area contributed by atoms with Crippen LogP contribution in [0.2, 0.25) is 0 Å². The molecule has 0 unspecified atom stereocenters. The van der Waals surface area contributed by atoms with E-state index in [0.29, 0.717) is 6.54 Å². The number of nitrogens with one attached hydrogen (secondary N) is 1. The molecule has 0 radical (unpaired) electrons. The normalized spacial score (nSPS) is 15.1. The Balaban J connectivity index is 1.87. The maximum absolute atomic E-state index is 11.7. The van der Waals surface area contributed by atoms with Gasteiger partial charge in [-0.25, -0.2) is 4.79 Å². The number of aromatic nitrogens is 1. The van der Waals surface area contributed by atoms with Crippen molar-refractivity contribution < 1.29 is 14.3 Å². The van der Waals surface area contributed by atoms with Gasteiger partial charge in [-0.05, 0) is 40.7 Å². The summed E-state index contributed by atoms with van der Waals surface area (Å²) in [6.07, 6.45) is 2.49. The summed E-state index contributed by atoms with van der Waals surface area (Å²) in [6, 6.07) is 1.93. The molecule has 6 heteroatoms. The molecule has 0 saturated heterocycles. The molecule has 1 aliphatic rings. The fourth-order valence-corrected chi connectivity index (χ4v) is 2.65. The van der Waals surface area contributed by atoms with Crippen molar-refractivity contribution in [3.8, 4) is 5.75 Å². The molecule has 0 aliphatic carbocycles. The van der Waals surface area contributed by atoms with Gasteiger partial charge in [-0.2, -0.15) is 0 Å². The lowest BCUT2D eigenvalue weighted by molar-refractivity contribution is 0.0521. The highest BCUT2D eigenvalue weighted by Crippen LogP contribution is 2.27. The summed E-state index contributed by atoms with van der Waals surface area (Å²) < 4.78 is 11.1. The zero-order valence-corrected chi connectivity index (χ0v) is 15.4. The van der Waals surface area contributed by atoms with Crippen LogP contribution in [-0.4, -0.2) is 47.3 Å². The average molecular weight is 335 g/mol. The molecule has 0 saturated carbocycles. The van der Waals surface area contributed by atoms with Crippen LogP contribution in [0.5, 0.6) is 5.75 Å². The van der Waals surface area contributed by atoms with Gasteiger partial charge in [-0.15, -0.1) is 0 Å². The topological polar surface area (TPSA) is 63.7 Å². The molecule has 134 valence electrons. The smallest absolute Gasteiger partial charge is 0.407 e. The largest absolute Gasteiger partial charge is 0.491 e. The molecule has 1 N–H and O–H groups in total. The highest BCUT2D eigenvalue weighted by Gasteiger charge is 2.21. The SMILES string of the molecule is CC(C)Oc1ccnc2c1CN(CCNC(=O)OC(C)(C)C)CC2. The van der Waals surface area contributed by atoms with E-state index in [1.165, 1.54) is 0 Å². The van der Waals surface area contributed by atoms with E-state index in [4.69, 9.17) is 9.47 Å². The van der Waals surface area contributed by atoms with E-state index in [-0.39, 0.29) is 12.2 Å². The van der Waals surface area contributed by atoms with Crippen molar-refractivity contribution in [2.24, 2.45) is 0 Å². The Labute approximate surface area is 144 Å². The van der Waals surface area contributed by atoms with Gasteiger partial charge in [0, 0.05) is 50.1 Å². The standard InChI is InChI=1S/C18H29N3O3/c1-13(2)23-16-6-8-19-15-7-10-21(12-14(15)16)11-9-20-17(22)24-18(3,4)5/h6,8,13H,7,9-12H2,1-5H3,(H,20,22). The minimum atomic E-state index is -0.469. The molecule has 6 nitrogen and oxygen atoms in total. The number of ether oxygens (including phenoxy) is 2. The lowest BCUT2D eigenvalue weighted by Gasteiger charge is -2.29. The van der Waals surface area contributed by atoms with Gasteiger partial charge in [0.2, 0.25) is 0 Å². The van der Waals surface area contributed by atoms with E-state index in [1.807, 2.05) is 46.9 Å². The van der Waals surface area contributed by atoms with Gasteiger partial charge in [0.05, 0.1) is 6.10 Å². The zero-order chi connectivity index (χ0) is 17.7. The predicted molar refractivity (Wildman–Crippen MR) is 93.2 cm³/mol. The number of alkyl carbamates (subject to hydrolysis) is 1. The number of carbonyl (C=O) groups excluding carboxylic acids is 1. The number of carbonyl (C=O) groups is 1. The molecule has 0 spiro atoms.